The van der Waals surface area contributed by atoms with Crippen molar-refractivity contribution in [2.45, 2.75) is 53.4 Å². The summed E-state index contributed by atoms with van der Waals surface area (Å²) < 4.78 is 5.56. The third-order valence-electron chi connectivity index (χ3n) is 4.25. The van der Waals surface area contributed by atoms with E-state index >= 15 is 0 Å². The zero-order valence-corrected chi connectivity index (χ0v) is 17.9. The maximum atomic E-state index is 11.9. The number of carbonyl (C=O) groups excluding carboxylic acids is 1. The molecule has 27 heavy (non-hydrogen) atoms. The molecule has 0 atom stereocenters. The van der Waals surface area contributed by atoms with Gasteiger partial charge in [-0.25, -0.2) is 5.43 Å². The second kappa shape index (κ2) is 8.70. The van der Waals surface area contributed by atoms with Crippen molar-refractivity contribution >= 4 is 23.5 Å². The minimum absolute atomic E-state index is 0.0640. The molecule has 0 unspecified atom stereocenters. The van der Waals surface area contributed by atoms with E-state index < -0.39 is 0 Å². The van der Waals surface area contributed by atoms with E-state index in [1.165, 1.54) is 5.56 Å². The molecule has 5 heteroatoms. The topological polar surface area (TPSA) is 50.7 Å². The van der Waals surface area contributed by atoms with Crippen molar-refractivity contribution in [2.24, 2.45) is 10.5 Å². The van der Waals surface area contributed by atoms with E-state index in [1.54, 1.807) is 17.6 Å². The van der Waals surface area contributed by atoms with Gasteiger partial charge >= 0.3 is 0 Å². The Kier molecular flexibility index (Phi) is 6.82. The lowest BCUT2D eigenvalue weighted by Gasteiger charge is -2.33. The van der Waals surface area contributed by atoms with E-state index in [4.69, 9.17) is 4.74 Å². The molecule has 0 radical (unpaired) electrons. The number of hydrogen-bond donors (Lipinski definition) is 1. The summed E-state index contributed by atoms with van der Waals surface area (Å²) in [6.07, 6.45) is 2.74. The molecule has 2 rings (SSSR count). The van der Waals surface area contributed by atoms with Crippen LogP contribution in [0, 0.1) is 12.3 Å². The van der Waals surface area contributed by atoms with E-state index in [9.17, 15) is 4.79 Å². The maximum absolute atomic E-state index is 11.9. The Hall–Kier alpha value is -2.14. The van der Waals surface area contributed by atoms with Gasteiger partial charge < -0.3 is 4.74 Å². The fourth-order valence-corrected chi connectivity index (χ4v) is 4.08. The summed E-state index contributed by atoms with van der Waals surface area (Å²) in [4.78, 5) is 12.9. The molecule has 0 spiro atoms. The van der Waals surface area contributed by atoms with Gasteiger partial charge in [-0.1, -0.05) is 46.8 Å². The van der Waals surface area contributed by atoms with Gasteiger partial charge in [-0.05, 0) is 58.9 Å². The predicted molar refractivity (Wildman–Crippen MR) is 114 cm³/mol. The van der Waals surface area contributed by atoms with Gasteiger partial charge in [0.1, 0.15) is 5.75 Å². The number of rotatable bonds is 7. The molecule has 1 aromatic carbocycles. The number of benzene rings is 1. The van der Waals surface area contributed by atoms with Crippen LogP contribution < -0.4 is 10.2 Å². The van der Waals surface area contributed by atoms with Gasteiger partial charge in [-0.15, -0.1) is 11.3 Å². The molecular weight excluding hydrogens is 356 g/mol. The molecule has 1 amide bonds. The van der Waals surface area contributed by atoms with Crippen LogP contribution in [0.3, 0.4) is 0 Å². The van der Waals surface area contributed by atoms with Gasteiger partial charge in [0.15, 0.2) is 6.61 Å². The van der Waals surface area contributed by atoms with E-state index in [2.05, 4.69) is 57.3 Å². The molecule has 4 nitrogen and oxygen atoms in total. The van der Waals surface area contributed by atoms with Gasteiger partial charge in [0.05, 0.1) is 6.21 Å². The number of carbonyl (C=O) groups is 1. The van der Waals surface area contributed by atoms with Gasteiger partial charge in [0.2, 0.25) is 0 Å². The molecule has 146 valence electrons. The Labute approximate surface area is 166 Å². The van der Waals surface area contributed by atoms with Crippen LogP contribution in [0.2, 0.25) is 0 Å². The zero-order valence-electron chi connectivity index (χ0n) is 17.1. The van der Waals surface area contributed by atoms with Crippen LogP contribution in [0.25, 0.3) is 0 Å². The van der Waals surface area contributed by atoms with Crippen molar-refractivity contribution < 1.29 is 9.53 Å². The molecule has 0 aliphatic rings. The van der Waals surface area contributed by atoms with Crippen LogP contribution in [-0.4, -0.2) is 18.7 Å². The summed E-state index contributed by atoms with van der Waals surface area (Å²) in [5, 5.41) is 5.97. The van der Waals surface area contributed by atoms with Crippen LogP contribution >= 0.6 is 11.3 Å². The first kappa shape index (κ1) is 21.2. The van der Waals surface area contributed by atoms with Crippen LogP contribution in [0.5, 0.6) is 5.75 Å². The summed E-state index contributed by atoms with van der Waals surface area (Å²) in [6, 6.07) is 10.0. The molecule has 0 aliphatic heterocycles. The van der Waals surface area contributed by atoms with E-state index in [1.807, 2.05) is 30.5 Å². The highest BCUT2D eigenvalue weighted by Gasteiger charge is 2.27. The third kappa shape index (κ3) is 6.83. The molecule has 2 aromatic rings. The van der Waals surface area contributed by atoms with Gasteiger partial charge in [0, 0.05) is 4.88 Å². The van der Waals surface area contributed by atoms with E-state index in [0.29, 0.717) is 5.75 Å². The Morgan fingerprint density at radius 1 is 1.15 bits per heavy atom. The molecule has 0 saturated carbocycles. The SMILES string of the molecule is Cc1ccsc1C=NNC(=O)COc1ccc(C(C)(C)CC(C)(C)C)cc1. The summed E-state index contributed by atoms with van der Waals surface area (Å²) in [7, 11) is 0. The largest absolute Gasteiger partial charge is 0.484 e. The minimum Gasteiger partial charge on any atom is -0.484 e. The first-order valence-electron chi connectivity index (χ1n) is 9.16. The lowest BCUT2D eigenvalue weighted by atomic mass is 9.72. The molecule has 1 N–H and O–H groups in total. The quantitative estimate of drug-likeness (QED) is 0.518. The molecule has 0 aliphatic carbocycles. The fraction of sp³-hybridized carbons (Fsp3) is 0.455. The highest BCUT2D eigenvalue weighted by molar-refractivity contribution is 7.11. The number of hydrogen-bond acceptors (Lipinski definition) is 4. The third-order valence-corrected chi connectivity index (χ3v) is 5.20. The monoisotopic (exact) mass is 386 g/mol. The van der Waals surface area contributed by atoms with Crippen molar-refractivity contribution in [3.05, 3.63) is 51.7 Å². The maximum Gasteiger partial charge on any atom is 0.277 e. The summed E-state index contributed by atoms with van der Waals surface area (Å²) in [5.74, 6) is 0.399. The van der Waals surface area contributed by atoms with E-state index in [0.717, 1.165) is 16.9 Å². The lowest BCUT2D eigenvalue weighted by molar-refractivity contribution is -0.123. The second-order valence-electron chi connectivity index (χ2n) is 8.70. The smallest absolute Gasteiger partial charge is 0.277 e. The molecule has 1 aromatic heterocycles. The highest BCUT2D eigenvalue weighted by Crippen LogP contribution is 2.36. The fourth-order valence-electron chi connectivity index (χ4n) is 3.29. The van der Waals surface area contributed by atoms with Gasteiger partial charge in [-0.3, -0.25) is 4.79 Å². The van der Waals surface area contributed by atoms with Crippen molar-refractivity contribution in [3.63, 3.8) is 0 Å². The number of aryl methyl sites for hydroxylation is 1. The Balaban J connectivity index is 1.85. The predicted octanol–water partition coefficient (Wildman–Crippen LogP) is 5.30. The molecule has 0 saturated heterocycles. The number of ether oxygens (including phenoxy) is 1. The summed E-state index contributed by atoms with van der Waals surface area (Å²) >= 11 is 1.59. The van der Waals surface area contributed by atoms with Crippen LogP contribution in [-0.2, 0) is 10.2 Å². The zero-order chi connectivity index (χ0) is 20.1. The average molecular weight is 387 g/mol. The van der Waals surface area contributed by atoms with Gasteiger partial charge in [0.25, 0.3) is 5.91 Å². The number of thiophene rings is 1. The Morgan fingerprint density at radius 3 is 2.37 bits per heavy atom. The van der Waals surface area contributed by atoms with Crippen molar-refractivity contribution in [2.75, 3.05) is 6.61 Å². The number of hydrazone groups is 1. The molecular formula is C22H30N2O2S. The van der Waals surface area contributed by atoms with Crippen molar-refractivity contribution in [1.82, 2.24) is 5.43 Å². The molecule has 1 heterocycles. The van der Waals surface area contributed by atoms with Crippen LogP contribution in [0.1, 0.15) is 57.0 Å². The number of amides is 1. The number of nitrogens with one attached hydrogen (secondary N) is 1. The molecule has 0 bridgehead atoms. The average Bonchev–Trinajstić information content (AvgIpc) is 2.96. The summed E-state index contributed by atoms with van der Waals surface area (Å²) in [6.45, 7) is 13.2. The second-order valence-corrected chi connectivity index (χ2v) is 9.64. The van der Waals surface area contributed by atoms with Crippen molar-refractivity contribution in [1.29, 1.82) is 0 Å². The Morgan fingerprint density at radius 2 is 1.81 bits per heavy atom. The van der Waals surface area contributed by atoms with Crippen LogP contribution in [0.4, 0.5) is 0 Å². The lowest BCUT2D eigenvalue weighted by Crippen LogP contribution is -2.25. The normalized spacial score (nSPS) is 12.4. The number of nitrogens with zero attached hydrogens (tertiary/aromatic N) is 1. The summed E-state index contributed by atoms with van der Waals surface area (Å²) in [5.41, 5.74) is 5.25. The van der Waals surface area contributed by atoms with Crippen molar-refractivity contribution in [3.8, 4) is 5.75 Å². The highest BCUT2D eigenvalue weighted by atomic mass is 32.1. The minimum atomic E-state index is -0.280. The first-order chi connectivity index (χ1) is 12.6. The molecule has 0 fully saturated rings. The van der Waals surface area contributed by atoms with Gasteiger partial charge in [-0.2, -0.15) is 5.10 Å². The van der Waals surface area contributed by atoms with E-state index in [-0.39, 0.29) is 23.3 Å². The standard InChI is InChI=1S/C22H30N2O2S/c1-16-11-12-27-19(16)13-23-24-20(25)14-26-18-9-7-17(8-10-18)22(5,6)15-21(2,3)4/h7-13H,14-15H2,1-6H3,(H,24,25). The Bertz CT molecular complexity index is 783. The van der Waals surface area contributed by atoms with Crippen LogP contribution in [0.15, 0.2) is 40.8 Å². The first-order valence-corrected chi connectivity index (χ1v) is 10.0.